The van der Waals surface area contributed by atoms with Crippen molar-refractivity contribution in [2.24, 2.45) is 0 Å². The lowest BCUT2D eigenvalue weighted by Crippen LogP contribution is -2.35. The largest absolute Gasteiger partial charge is 0.348 e. The topological polar surface area (TPSA) is 86.8 Å². The average molecular weight is 416 g/mol. The highest BCUT2D eigenvalue weighted by atomic mass is 32.2. The minimum atomic E-state index is -3.61. The molecule has 2 aromatic carbocycles. The summed E-state index contributed by atoms with van der Waals surface area (Å²) in [5.74, 6) is -0.239. The van der Waals surface area contributed by atoms with Crippen molar-refractivity contribution in [3.05, 3.63) is 59.7 Å². The van der Waals surface area contributed by atoms with Crippen molar-refractivity contribution in [1.29, 1.82) is 0 Å². The van der Waals surface area contributed by atoms with E-state index in [1.807, 2.05) is 24.3 Å². The number of nitrogens with zero attached hydrogens (tertiary/aromatic N) is 2. The molecule has 0 spiro atoms. The number of benzene rings is 2. The predicted octanol–water partition coefficient (Wildman–Crippen LogP) is 2.38. The standard InChI is InChI=1S/C21H25N3O4S/c1-23(2)29(27,28)19-10-6-8-17(14-19)21(26)22-15-16-7-5-9-18(13-16)24-12-4-3-11-20(24)25/h5-10,13-14H,3-4,11-12,15H2,1-2H3,(H,22,26). The molecule has 0 bridgehead atoms. The summed E-state index contributed by atoms with van der Waals surface area (Å²) in [6.07, 6.45) is 2.47. The van der Waals surface area contributed by atoms with Crippen LogP contribution in [0.4, 0.5) is 5.69 Å². The molecule has 154 valence electrons. The van der Waals surface area contributed by atoms with Crippen LogP contribution in [0.5, 0.6) is 0 Å². The number of anilines is 1. The van der Waals surface area contributed by atoms with Crippen molar-refractivity contribution in [2.45, 2.75) is 30.7 Å². The first kappa shape index (κ1) is 21.0. The van der Waals surface area contributed by atoms with Crippen molar-refractivity contribution >= 4 is 27.5 Å². The fourth-order valence-electron chi connectivity index (χ4n) is 3.21. The van der Waals surface area contributed by atoms with Gasteiger partial charge < -0.3 is 10.2 Å². The lowest BCUT2D eigenvalue weighted by atomic mass is 10.1. The van der Waals surface area contributed by atoms with Crippen LogP contribution < -0.4 is 10.2 Å². The van der Waals surface area contributed by atoms with Gasteiger partial charge in [0.25, 0.3) is 5.91 Å². The zero-order chi connectivity index (χ0) is 21.0. The molecule has 2 amide bonds. The van der Waals surface area contributed by atoms with Crippen molar-refractivity contribution in [1.82, 2.24) is 9.62 Å². The van der Waals surface area contributed by atoms with Gasteiger partial charge in [0.1, 0.15) is 0 Å². The van der Waals surface area contributed by atoms with E-state index in [9.17, 15) is 18.0 Å². The Bertz CT molecular complexity index is 1020. The van der Waals surface area contributed by atoms with Crippen LogP contribution in [0.15, 0.2) is 53.4 Å². The van der Waals surface area contributed by atoms with E-state index in [0.717, 1.165) is 28.4 Å². The Hall–Kier alpha value is -2.71. The Kier molecular flexibility index (Phi) is 6.34. The van der Waals surface area contributed by atoms with E-state index in [1.165, 1.54) is 26.2 Å². The molecule has 29 heavy (non-hydrogen) atoms. The molecule has 0 unspecified atom stereocenters. The van der Waals surface area contributed by atoms with Crippen LogP contribution >= 0.6 is 0 Å². The van der Waals surface area contributed by atoms with E-state index in [-0.39, 0.29) is 28.8 Å². The van der Waals surface area contributed by atoms with E-state index >= 15 is 0 Å². The molecule has 1 heterocycles. The molecule has 0 aliphatic carbocycles. The third-order valence-corrected chi connectivity index (χ3v) is 6.68. The molecule has 0 radical (unpaired) electrons. The van der Waals surface area contributed by atoms with E-state index in [1.54, 1.807) is 17.0 Å². The Labute approximate surface area is 171 Å². The fraction of sp³-hybridized carbons (Fsp3) is 0.333. The molecule has 1 N–H and O–H groups in total. The van der Waals surface area contributed by atoms with Crippen LogP contribution in [-0.2, 0) is 21.4 Å². The third-order valence-electron chi connectivity index (χ3n) is 4.87. The zero-order valence-corrected chi connectivity index (χ0v) is 17.4. The van der Waals surface area contributed by atoms with Crippen LogP contribution in [0.3, 0.4) is 0 Å². The predicted molar refractivity (Wildman–Crippen MR) is 111 cm³/mol. The van der Waals surface area contributed by atoms with Gasteiger partial charge in [-0.1, -0.05) is 18.2 Å². The van der Waals surface area contributed by atoms with E-state index < -0.39 is 10.0 Å². The first-order valence-electron chi connectivity index (χ1n) is 9.49. The van der Waals surface area contributed by atoms with Gasteiger partial charge in [-0.3, -0.25) is 9.59 Å². The number of sulfonamides is 1. The summed E-state index contributed by atoms with van der Waals surface area (Å²) >= 11 is 0. The molecule has 8 heteroatoms. The molecule has 1 fully saturated rings. The number of nitrogens with one attached hydrogen (secondary N) is 1. The smallest absolute Gasteiger partial charge is 0.251 e. The molecule has 2 aromatic rings. The van der Waals surface area contributed by atoms with Gasteiger partial charge in [-0.05, 0) is 48.7 Å². The number of carbonyl (C=O) groups is 2. The molecule has 3 rings (SSSR count). The second-order valence-corrected chi connectivity index (χ2v) is 9.32. The molecular formula is C21H25N3O4S. The van der Waals surface area contributed by atoms with Gasteiger partial charge in [0.2, 0.25) is 15.9 Å². The van der Waals surface area contributed by atoms with Crippen LogP contribution in [0.25, 0.3) is 0 Å². The zero-order valence-electron chi connectivity index (χ0n) is 16.6. The van der Waals surface area contributed by atoms with Crippen molar-refractivity contribution in [2.75, 3.05) is 25.5 Å². The van der Waals surface area contributed by atoms with Crippen LogP contribution in [0, 0.1) is 0 Å². The lowest BCUT2D eigenvalue weighted by molar-refractivity contribution is -0.119. The number of amides is 2. The molecular weight excluding hydrogens is 390 g/mol. The van der Waals surface area contributed by atoms with Crippen LogP contribution in [-0.4, -0.2) is 45.2 Å². The normalized spacial score (nSPS) is 14.9. The van der Waals surface area contributed by atoms with Gasteiger partial charge >= 0.3 is 0 Å². The van der Waals surface area contributed by atoms with E-state index in [0.29, 0.717) is 13.0 Å². The number of hydrogen-bond acceptors (Lipinski definition) is 4. The first-order chi connectivity index (χ1) is 13.8. The second-order valence-electron chi connectivity index (χ2n) is 7.17. The lowest BCUT2D eigenvalue weighted by Gasteiger charge is -2.27. The Morgan fingerprint density at radius 3 is 2.59 bits per heavy atom. The maximum absolute atomic E-state index is 12.5. The maximum Gasteiger partial charge on any atom is 0.251 e. The first-order valence-corrected chi connectivity index (χ1v) is 10.9. The maximum atomic E-state index is 12.5. The van der Waals surface area contributed by atoms with Crippen molar-refractivity contribution in [3.63, 3.8) is 0 Å². The molecule has 1 aliphatic rings. The van der Waals surface area contributed by atoms with Crippen LogP contribution in [0.1, 0.15) is 35.2 Å². The summed E-state index contributed by atoms with van der Waals surface area (Å²) in [4.78, 5) is 26.5. The number of hydrogen-bond donors (Lipinski definition) is 1. The van der Waals surface area contributed by atoms with E-state index in [2.05, 4.69) is 5.32 Å². The number of rotatable bonds is 6. The summed E-state index contributed by atoms with van der Waals surface area (Å²) < 4.78 is 25.6. The van der Waals surface area contributed by atoms with Gasteiger partial charge in [-0.15, -0.1) is 0 Å². The minimum Gasteiger partial charge on any atom is -0.348 e. The van der Waals surface area contributed by atoms with Crippen LogP contribution in [0.2, 0.25) is 0 Å². The summed E-state index contributed by atoms with van der Waals surface area (Å²) in [6, 6.07) is 13.5. The molecule has 7 nitrogen and oxygen atoms in total. The molecule has 1 aliphatic heterocycles. The van der Waals surface area contributed by atoms with Gasteiger partial charge in [0.15, 0.2) is 0 Å². The Balaban J connectivity index is 1.70. The summed E-state index contributed by atoms with van der Waals surface area (Å²) in [6.45, 7) is 0.987. The van der Waals surface area contributed by atoms with Gasteiger partial charge in [-0.25, -0.2) is 12.7 Å². The van der Waals surface area contributed by atoms with Crippen molar-refractivity contribution < 1.29 is 18.0 Å². The van der Waals surface area contributed by atoms with Crippen molar-refractivity contribution in [3.8, 4) is 0 Å². The van der Waals surface area contributed by atoms with Gasteiger partial charge in [0.05, 0.1) is 4.90 Å². The Morgan fingerprint density at radius 2 is 1.86 bits per heavy atom. The summed E-state index contributed by atoms with van der Waals surface area (Å²) in [5, 5.41) is 2.81. The SMILES string of the molecule is CN(C)S(=O)(=O)c1cccc(C(=O)NCc2cccc(N3CCCCC3=O)c2)c1. The second kappa shape index (κ2) is 8.75. The number of carbonyl (C=O) groups excluding carboxylic acids is 2. The number of piperidine rings is 1. The third kappa shape index (κ3) is 4.83. The van der Waals surface area contributed by atoms with Gasteiger partial charge in [-0.2, -0.15) is 0 Å². The molecule has 0 atom stereocenters. The average Bonchev–Trinajstić information content (AvgIpc) is 2.72. The van der Waals surface area contributed by atoms with E-state index in [4.69, 9.17) is 0 Å². The minimum absolute atomic E-state index is 0.0701. The highest BCUT2D eigenvalue weighted by Gasteiger charge is 2.20. The summed E-state index contributed by atoms with van der Waals surface area (Å²) in [7, 11) is -0.714. The molecule has 0 aromatic heterocycles. The molecule has 1 saturated heterocycles. The van der Waals surface area contributed by atoms with Gasteiger partial charge in [0, 0.05) is 44.9 Å². The highest BCUT2D eigenvalue weighted by Crippen LogP contribution is 2.22. The summed E-state index contributed by atoms with van der Waals surface area (Å²) in [5.41, 5.74) is 1.97. The highest BCUT2D eigenvalue weighted by molar-refractivity contribution is 7.89. The molecule has 0 saturated carbocycles. The quantitative estimate of drug-likeness (QED) is 0.785. The fourth-order valence-corrected chi connectivity index (χ4v) is 4.15. The monoisotopic (exact) mass is 415 g/mol. The Morgan fingerprint density at radius 1 is 1.10 bits per heavy atom.